The van der Waals surface area contributed by atoms with Crippen molar-refractivity contribution in [2.45, 2.75) is 32.9 Å². The van der Waals surface area contributed by atoms with Gasteiger partial charge in [-0.2, -0.15) is 0 Å². The number of aliphatic carboxylic acids is 1. The highest BCUT2D eigenvalue weighted by Crippen LogP contribution is 2.21. The van der Waals surface area contributed by atoms with Gasteiger partial charge in [0.15, 0.2) is 0 Å². The predicted molar refractivity (Wildman–Crippen MR) is 83.6 cm³/mol. The molecule has 5 nitrogen and oxygen atoms in total. The molecule has 0 saturated carbocycles. The quantitative estimate of drug-likeness (QED) is 0.692. The molecule has 0 bridgehead atoms. The van der Waals surface area contributed by atoms with Crippen LogP contribution in [0, 0.1) is 0 Å². The first-order chi connectivity index (χ1) is 10.1. The summed E-state index contributed by atoms with van der Waals surface area (Å²) < 4.78 is 5.40. The topological polar surface area (TPSA) is 61.8 Å². The Balaban J connectivity index is 2.62. The third kappa shape index (κ3) is 6.60. The van der Waals surface area contributed by atoms with Gasteiger partial charge in [-0.1, -0.05) is 25.5 Å². The maximum atomic E-state index is 10.5. The van der Waals surface area contributed by atoms with Crippen molar-refractivity contribution < 1.29 is 14.6 Å². The van der Waals surface area contributed by atoms with E-state index < -0.39 is 5.97 Å². The molecule has 0 saturated heterocycles. The van der Waals surface area contributed by atoms with Crippen molar-refractivity contribution in [1.29, 1.82) is 0 Å². The third-order valence-corrected chi connectivity index (χ3v) is 3.29. The summed E-state index contributed by atoms with van der Waals surface area (Å²) in [7, 11) is 3.76. The van der Waals surface area contributed by atoms with Crippen molar-refractivity contribution in [2.24, 2.45) is 0 Å². The molecular weight excluding hydrogens is 268 g/mol. The minimum Gasteiger partial charge on any atom is -0.496 e. The molecule has 0 unspecified atom stereocenters. The number of carboxylic acids is 1. The molecule has 5 heteroatoms. The molecular formula is C16H26N2O3. The smallest absolute Gasteiger partial charge is 0.317 e. The SMILES string of the molecule is CCCCN(C)Cc1ccc(CNCC(=O)O)c(OC)c1. The van der Waals surface area contributed by atoms with Crippen LogP contribution < -0.4 is 10.1 Å². The summed E-state index contributed by atoms with van der Waals surface area (Å²) in [6, 6.07) is 6.10. The number of carboxylic acid groups (broad SMARTS) is 1. The number of hydrogen-bond acceptors (Lipinski definition) is 4. The van der Waals surface area contributed by atoms with Crippen LogP contribution in [0.2, 0.25) is 0 Å². The second kappa shape index (κ2) is 9.37. The molecule has 1 aromatic rings. The Bertz CT molecular complexity index is 449. The zero-order chi connectivity index (χ0) is 15.7. The Labute approximate surface area is 126 Å². The van der Waals surface area contributed by atoms with Gasteiger partial charge in [-0.15, -0.1) is 0 Å². The molecule has 1 rings (SSSR count). The van der Waals surface area contributed by atoms with Crippen molar-refractivity contribution in [3.63, 3.8) is 0 Å². The Morgan fingerprint density at radius 2 is 2.19 bits per heavy atom. The molecule has 2 N–H and O–H groups in total. The van der Waals surface area contributed by atoms with Crippen LogP contribution in [0.25, 0.3) is 0 Å². The van der Waals surface area contributed by atoms with Crippen molar-refractivity contribution in [1.82, 2.24) is 10.2 Å². The summed E-state index contributed by atoms with van der Waals surface area (Å²) >= 11 is 0. The molecule has 0 aliphatic carbocycles. The Kier molecular flexibility index (Phi) is 7.79. The van der Waals surface area contributed by atoms with Crippen LogP contribution in [0.15, 0.2) is 18.2 Å². The normalized spacial score (nSPS) is 10.9. The molecule has 0 amide bonds. The van der Waals surface area contributed by atoms with Gasteiger partial charge in [0.05, 0.1) is 13.7 Å². The number of benzene rings is 1. The Morgan fingerprint density at radius 3 is 2.81 bits per heavy atom. The maximum absolute atomic E-state index is 10.5. The molecule has 1 aromatic carbocycles. The molecule has 21 heavy (non-hydrogen) atoms. The zero-order valence-corrected chi connectivity index (χ0v) is 13.2. The van der Waals surface area contributed by atoms with Crippen molar-refractivity contribution in [3.05, 3.63) is 29.3 Å². The second-order valence-corrected chi connectivity index (χ2v) is 5.23. The first-order valence-corrected chi connectivity index (χ1v) is 7.33. The van der Waals surface area contributed by atoms with E-state index in [1.807, 2.05) is 12.1 Å². The molecule has 0 aliphatic heterocycles. The number of nitrogens with one attached hydrogen (secondary N) is 1. The lowest BCUT2D eigenvalue weighted by atomic mass is 10.1. The predicted octanol–water partition coefficient (Wildman–Crippen LogP) is 2.10. The fourth-order valence-electron chi connectivity index (χ4n) is 2.16. The van der Waals surface area contributed by atoms with Gasteiger partial charge in [-0.3, -0.25) is 4.79 Å². The van der Waals surface area contributed by atoms with E-state index in [1.165, 1.54) is 18.4 Å². The molecule has 0 heterocycles. The van der Waals surface area contributed by atoms with Crippen LogP contribution in [0.4, 0.5) is 0 Å². The number of rotatable bonds is 10. The fraction of sp³-hybridized carbons (Fsp3) is 0.562. The van der Waals surface area contributed by atoms with Crippen LogP contribution in [0.1, 0.15) is 30.9 Å². The average molecular weight is 294 g/mol. The molecule has 0 aromatic heterocycles. The summed E-state index contributed by atoms with van der Waals surface area (Å²) in [5.74, 6) is -0.0579. The van der Waals surface area contributed by atoms with Crippen molar-refractivity contribution in [2.75, 3.05) is 27.2 Å². The van der Waals surface area contributed by atoms with Crippen molar-refractivity contribution in [3.8, 4) is 5.75 Å². The molecule has 0 atom stereocenters. The molecule has 0 fully saturated rings. The maximum Gasteiger partial charge on any atom is 0.317 e. The summed E-state index contributed by atoms with van der Waals surface area (Å²) in [6.45, 7) is 4.60. The number of hydrogen-bond donors (Lipinski definition) is 2. The van der Waals surface area contributed by atoms with Crippen molar-refractivity contribution >= 4 is 5.97 Å². The van der Waals surface area contributed by atoms with E-state index in [1.54, 1.807) is 7.11 Å². The van der Waals surface area contributed by atoms with E-state index in [0.29, 0.717) is 6.54 Å². The summed E-state index contributed by atoms with van der Waals surface area (Å²) in [5, 5.41) is 11.5. The first-order valence-electron chi connectivity index (χ1n) is 7.33. The lowest BCUT2D eigenvalue weighted by Gasteiger charge is -2.17. The van der Waals surface area contributed by atoms with Gasteiger partial charge in [0, 0.05) is 18.7 Å². The number of ether oxygens (including phenoxy) is 1. The highest BCUT2D eigenvalue weighted by atomic mass is 16.5. The molecule has 0 radical (unpaired) electrons. The van der Waals surface area contributed by atoms with Crippen LogP contribution in [0.5, 0.6) is 5.75 Å². The summed E-state index contributed by atoms with van der Waals surface area (Å²) in [4.78, 5) is 12.8. The van der Waals surface area contributed by atoms with Gasteiger partial charge in [0.2, 0.25) is 0 Å². The third-order valence-electron chi connectivity index (χ3n) is 3.29. The highest BCUT2D eigenvalue weighted by molar-refractivity contribution is 5.69. The number of unbranched alkanes of at least 4 members (excludes halogenated alkanes) is 1. The van der Waals surface area contributed by atoms with Gasteiger partial charge < -0.3 is 20.1 Å². The summed E-state index contributed by atoms with van der Waals surface area (Å²) in [5.41, 5.74) is 2.17. The molecule has 0 aliphatic rings. The Morgan fingerprint density at radius 1 is 1.43 bits per heavy atom. The van der Waals surface area contributed by atoms with Gasteiger partial charge in [0.25, 0.3) is 0 Å². The lowest BCUT2D eigenvalue weighted by molar-refractivity contribution is -0.136. The van der Waals surface area contributed by atoms with Gasteiger partial charge in [0.1, 0.15) is 5.75 Å². The highest BCUT2D eigenvalue weighted by Gasteiger charge is 2.07. The van der Waals surface area contributed by atoms with E-state index in [-0.39, 0.29) is 6.54 Å². The minimum atomic E-state index is -0.858. The van der Waals surface area contributed by atoms with Crippen LogP contribution in [-0.2, 0) is 17.9 Å². The largest absolute Gasteiger partial charge is 0.496 e. The lowest BCUT2D eigenvalue weighted by Crippen LogP contribution is -2.22. The van der Waals surface area contributed by atoms with Crippen LogP contribution in [-0.4, -0.2) is 43.2 Å². The fourth-order valence-corrected chi connectivity index (χ4v) is 2.16. The van der Waals surface area contributed by atoms with E-state index in [9.17, 15) is 4.79 Å². The number of methoxy groups -OCH3 is 1. The zero-order valence-electron chi connectivity index (χ0n) is 13.2. The number of nitrogens with zero attached hydrogens (tertiary/aromatic N) is 1. The molecule has 118 valence electrons. The summed E-state index contributed by atoms with van der Waals surface area (Å²) in [6.07, 6.45) is 2.40. The van der Waals surface area contributed by atoms with Gasteiger partial charge in [-0.05, 0) is 31.6 Å². The van der Waals surface area contributed by atoms with Crippen LogP contribution >= 0.6 is 0 Å². The van der Waals surface area contributed by atoms with E-state index in [2.05, 4.69) is 30.3 Å². The Hall–Kier alpha value is -1.59. The second-order valence-electron chi connectivity index (χ2n) is 5.23. The standard InChI is InChI=1S/C16H26N2O3/c1-4-5-8-18(2)12-13-6-7-14(15(9-13)21-3)10-17-11-16(19)20/h6-7,9,17H,4-5,8,10-12H2,1-3H3,(H,19,20). The minimum absolute atomic E-state index is 0.0509. The molecule has 0 spiro atoms. The average Bonchev–Trinajstić information content (AvgIpc) is 2.46. The van der Waals surface area contributed by atoms with E-state index >= 15 is 0 Å². The first kappa shape index (κ1) is 17.5. The monoisotopic (exact) mass is 294 g/mol. The van der Waals surface area contributed by atoms with E-state index in [4.69, 9.17) is 9.84 Å². The van der Waals surface area contributed by atoms with Gasteiger partial charge in [-0.25, -0.2) is 0 Å². The number of carbonyl (C=O) groups is 1. The van der Waals surface area contributed by atoms with Crippen LogP contribution in [0.3, 0.4) is 0 Å². The van der Waals surface area contributed by atoms with Gasteiger partial charge >= 0.3 is 5.97 Å². The van der Waals surface area contributed by atoms with E-state index in [0.717, 1.165) is 24.4 Å².